The number of para-hydroxylation sites is 1. The molecule has 0 saturated heterocycles. The first-order valence-corrected chi connectivity index (χ1v) is 21.4. The summed E-state index contributed by atoms with van der Waals surface area (Å²) in [5.74, 6) is 1.81. The number of allylic oxidation sites excluding steroid dienone is 1. The first kappa shape index (κ1) is 36.2. The maximum absolute atomic E-state index is 5.26. The van der Waals surface area contributed by atoms with Gasteiger partial charge in [0, 0.05) is 64.8 Å². The zero-order valence-electron chi connectivity index (χ0n) is 34.0. The summed E-state index contributed by atoms with van der Waals surface area (Å²) < 4.78 is 4.93. The third-order valence-corrected chi connectivity index (χ3v) is 13.7. The van der Waals surface area contributed by atoms with Gasteiger partial charge in [-0.2, -0.15) is 0 Å². The van der Waals surface area contributed by atoms with E-state index in [1.165, 1.54) is 70.7 Å². The van der Waals surface area contributed by atoms with Crippen molar-refractivity contribution in [3.05, 3.63) is 163 Å². The molecule has 3 heterocycles. The minimum atomic E-state index is 0.559. The molecular weight excluding hydrogens is 744 g/mol. The van der Waals surface area contributed by atoms with Crippen LogP contribution >= 0.6 is 11.3 Å². The maximum atomic E-state index is 5.26. The fourth-order valence-electron chi connectivity index (χ4n) is 9.20. The Hall–Kier alpha value is -6.87. The molecule has 0 atom stereocenters. The Morgan fingerprint density at radius 2 is 1.17 bits per heavy atom. The molecule has 3 aromatic heterocycles. The van der Waals surface area contributed by atoms with Gasteiger partial charge in [0.25, 0.3) is 0 Å². The van der Waals surface area contributed by atoms with Gasteiger partial charge >= 0.3 is 0 Å². The van der Waals surface area contributed by atoms with Gasteiger partial charge in [-0.25, -0.2) is 15.0 Å². The summed E-state index contributed by atoms with van der Waals surface area (Å²) >= 11 is 1.78. The van der Waals surface area contributed by atoms with E-state index in [0.29, 0.717) is 17.5 Å². The highest BCUT2D eigenvalue weighted by molar-refractivity contribution is 7.26. The predicted molar refractivity (Wildman–Crippen MR) is 264 cm³/mol. The summed E-state index contributed by atoms with van der Waals surface area (Å²) in [7, 11) is 9.03. The molecule has 0 radical (unpaired) electrons. The van der Waals surface area contributed by atoms with Crippen LogP contribution in [0.3, 0.4) is 0 Å². The molecule has 0 saturated carbocycles. The molecule has 9 heteroatoms. The van der Waals surface area contributed by atoms with Crippen molar-refractivity contribution in [2.45, 2.75) is 12.8 Å². The highest BCUT2D eigenvalue weighted by Crippen LogP contribution is 2.41. The number of rotatable bonds is 6. The van der Waals surface area contributed by atoms with Crippen LogP contribution in [0.1, 0.15) is 17.7 Å². The molecule has 1 aliphatic rings. The average molecular weight is 780 g/mol. The van der Waals surface area contributed by atoms with E-state index in [1.54, 1.807) is 11.3 Å². The Kier molecular flexibility index (Phi) is 8.72. The molecule has 0 bridgehead atoms. The monoisotopic (exact) mass is 780 g/mol. The molecule has 0 amide bonds. The lowest BCUT2D eigenvalue weighted by Crippen LogP contribution is -2.50. The van der Waals surface area contributed by atoms with Gasteiger partial charge in [0.2, 0.25) is 0 Å². The fraction of sp³-hybridized carbons (Fsp3) is 0.0392. The van der Waals surface area contributed by atoms with E-state index in [2.05, 4.69) is 188 Å². The van der Waals surface area contributed by atoms with Crippen LogP contribution in [0, 0.1) is 12.1 Å². The summed E-state index contributed by atoms with van der Waals surface area (Å²) in [6.45, 7) is 0. The van der Waals surface area contributed by atoms with E-state index in [4.69, 9.17) is 15.0 Å². The lowest BCUT2D eigenvalue weighted by molar-refractivity contribution is 0.892. The number of thiophene rings is 1. The number of aromatic nitrogens is 4. The first-order chi connectivity index (χ1) is 29.4. The Labute approximate surface area is 357 Å². The van der Waals surface area contributed by atoms with Crippen LogP contribution in [0.25, 0.3) is 99.3 Å². The van der Waals surface area contributed by atoms with E-state index < -0.39 is 0 Å². The molecule has 10 aromatic rings. The molecule has 60 heavy (non-hydrogen) atoms. The number of hydrogen-bond donors (Lipinski definition) is 0. The number of hydrogen-bond acceptors (Lipinski definition) is 4. The smallest absolute Gasteiger partial charge is 0.172 e. The van der Waals surface area contributed by atoms with Gasteiger partial charge in [0.05, 0.1) is 11.1 Å². The van der Waals surface area contributed by atoms with Gasteiger partial charge in [0.1, 0.15) is 31.4 Å². The third kappa shape index (κ3) is 5.78. The maximum Gasteiger partial charge on any atom is 0.172 e. The first-order valence-electron chi connectivity index (χ1n) is 20.6. The Bertz CT molecular complexity index is 3370. The van der Waals surface area contributed by atoms with Crippen LogP contribution in [-0.4, -0.2) is 50.9 Å². The highest BCUT2D eigenvalue weighted by Gasteiger charge is 2.25. The minimum Gasteiger partial charge on any atom is -0.313 e. The van der Waals surface area contributed by atoms with Crippen LogP contribution in [0.5, 0.6) is 0 Å². The van der Waals surface area contributed by atoms with E-state index in [-0.39, 0.29) is 0 Å². The topological polar surface area (TPSA) is 43.6 Å². The fourth-order valence-corrected chi connectivity index (χ4v) is 10.4. The molecule has 1 aliphatic carbocycles. The van der Waals surface area contributed by atoms with Crippen LogP contribution < -0.4 is 21.9 Å². The molecule has 278 valence electrons. The van der Waals surface area contributed by atoms with E-state index in [0.717, 1.165) is 50.9 Å². The van der Waals surface area contributed by atoms with Gasteiger partial charge in [0.15, 0.2) is 17.5 Å². The number of fused-ring (bicyclic) bond motifs is 6. The summed E-state index contributed by atoms with van der Waals surface area (Å²) in [5.41, 5.74) is 17.3. The molecule has 0 aliphatic heterocycles. The molecular formula is C51H36B4N4S. The van der Waals surface area contributed by atoms with Crippen molar-refractivity contribution in [1.82, 2.24) is 19.5 Å². The summed E-state index contributed by atoms with van der Waals surface area (Å²) in [6, 6.07) is 54.2. The summed E-state index contributed by atoms with van der Waals surface area (Å²) in [6.07, 6.45) is 6.64. The molecule has 0 spiro atoms. The van der Waals surface area contributed by atoms with Gasteiger partial charge in [-0.15, -0.1) is 16.8 Å². The zero-order valence-corrected chi connectivity index (χ0v) is 34.8. The molecule has 0 fully saturated rings. The predicted octanol–water partition coefficient (Wildman–Crippen LogP) is 6.11. The van der Waals surface area contributed by atoms with Crippen LogP contribution in [-0.2, 0) is 6.42 Å². The number of benzene rings is 6. The molecule has 0 N–H and O–H groups in total. The number of nitrogens with zero attached hydrogens (tertiary/aromatic N) is 4. The van der Waals surface area contributed by atoms with Crippen molar-refractivity contribution in [2.24, 2.45) is 0 Å². The summed E-state index contributed by atoms with van der Waals surface area (Å²) in [5, 5.41) is 3.73. The quantitative estimate of drug-likeness (QED) is 0.192. The standard InChI is InChI=1S/C51H36B4N4S/c52-43-42(47(46(55)45(54)44(43)53)59-39-22-9-6-16-33(39)34-17-7-10-23-40(34)59)30-25-27-31(28-26-30)49-56-50(37-19-5-4-15-32(37)29-13-2-1-3-14-29)58-51(57-49)38-21-12-20-36-35-18-8-11-24-41(35)60-48(36)38/h1-9,11-22,24-25,27H,10,23,52-55H2. The molecule has 0 unspecified atom stereocenters. The summed E-state index contributed by atoms with van der Waals surface area (Å²) in [4.78, 5) is 15.7. The van der Waals surface area contributed by atoms with Crippen molar-refractivity contribution < 1.29 is 0 Å². The second-order valence-electron chi connectivity index (χ2n) is 15.8. The molecule has 7 aromatic carbocycles. The Balaban J connectivity index is 1.11. The lowest BCUT2D eigenvalue weighted by Gasteiger charge is -2.25. The highest BCUT2D eigenvalue weighted by atomic mass is 32.1. The van der Waals surface area contributed by atoms with Gasteiger partial charge in [-0.05, 0) is 54.3 Å². The van der Waals surface area contributed by atoms with Gasteiger partial charge in [-0.3, -0.25) is 0 Å². The molecule has 4 nitrogen and oxygen atoms in total. The van der Waals surface area contributed by atoms with E-state index in [1.807, 2.05) is 6.07 Å². The second-order valence-corrected chi connectivity index (χ2v) is 16.8. The van der Waals surface area contributed by atoms with E-state index >= 15 is 0 Å². The Morgan fingerprint density at radius 3 is 1.98 bits per heavy atom. The minimum absolute atomic E-state index is 0.559. The second kappa shape index (κ2) is 14.4. The van der Waals surface area contributed by atoms with Gasteiger partial charge in [-0.1, -0.05) is 144 Å². The van der Waals surface area contributed by atoms with Gasteiger partial charge < -0.3 is 4.57 Å². The van der Waals surface area contributed by atoms with Crippen molar-refractivity contribution in [2.75, 3.05) is 0 Å². The lowest BCUT2D eigenvalue weighted by atomic mass is 9.63. The van der Waals surface area contributed by atoms with Crippen molar-refractivity contribution >= 4 is 102 Å². The van der Waals surface area contributed by atoms with Crippen molar-refractivity contribution in [3.63, 3.8) is 0 Å². The van der Waals surface area contributed by atoms with Crippen LogP contribution in [0.4, 0.5) is 0 Å². The molecule has 11 rings (SSSR count). The third-order valence-electron chi connectivity index (χ3n) is 12.5. The van der Waals surface area contributed by atoms with Crippen LogP contribution in [0.15, 0.2) is 140 Å². The largest absolute Gasteiger partial charge is 0.313 e. The van der Waals surface area contributed by atoms with Crippen LogP contribution in [0.2, 0.25) is 0 Å². The Morgan fingerprint density at radius 1 is 0.533 bits per heavy atom. The zero-order chi connectivity index (χ0) is 40.5. The van der Waals surface area contributed by atoms with Crippen molar-refractivity contribution in [3.8, 4) is 62.1 Å². The van der Waals surface area contributed by atoms with Crippen molar-refractivity contribution in [1.29, 1.82) is 0 Å². The SMILES string of the molecule is Bc1c(B)c(B)c(-n2c3c(c4ccccc42)C=CCC3)c(-c2c#cc(-c3nc(-c4ccccc4-c4ccccc4)nc(-c4cccc5c4sc4ccccc45)n3)cc2)c1B. The average Bonchev–Trinajstić information content (AvgIpc) is 3.86. The normalized spacial score (nSPS) is 12.3. The van der Waals surface area contributed by atoms with E-state index in [9.17, 15) is 0 Å².